The third-order valence-corrected chi connectivity index (χ3v) is 3.56. The molecule has 2 aromatic rings. The number of rotatable bonds is 6. The summed E-state index contributed by atoms with van der Waals surface area (Å²) in [5.41, 5.74) is 0.381. The lowest BCUT2D eigenvalue weighted by Crippen LogP contribution is -2.46. The Balaban J connectivity index is 2.08. The van der Waals surface area contributed by atoms with Crippen molar-refractivity contribution in [3.8, 4) is 0 Å². The molecule has 2 unspecified atom stereocenters. The standard InChI is InChI=1S/C20H25NO5/c1-14(21-19(23)26-20(2,3)4)17(13-15-9-6-5-7-10-15)25-18(22)16-11-8-12-24-16/h5-12,14,17H,13H2,1-4H3,(H,21,23). The zero-order valence-electron chi connectivity index (χ0n) is 15.5. The number of nitrogens with one attached hydrogen (secondary N) is 1. The SMILES string of the molecule is CC(NC(=O)OC(C)(C)C)C(Cc1ccccc1)OC(=O)c1ccco1. The van der Waals surface area contributed by atoms with Gasteiger partial charge >= 0.3 is 12.1 Å². The summed E-state index contributed by atoms with van der Waals surface area (Å²) in [5.74, 6) is -0.457. The van der Waals surface area contributed by atoms with Crippen molar-refractivity contribution in [1.82, 2.24) is 5.32 Å². The van der Waals surface area contributed by atoms with E-state index < -0.39 is 29.8 Å². The van der Waals surface area contributed by atoms with Gasteiger partial charge in [-0.1, -0.05) is 30.3 Å². The maximum absolute atomic E-state index is 12.3. The topological polar surface area (TPSA) is 77.8 Å². The Hall–Kier alpha value is -2.76. The lowest BCUT2D eigenvalue weighted by Gasteiger charge is -2.27. The predicted molar refractivity (Wildman–Crippen MR) is 96.9 cm³/mol. The third kappa shape index (κ3) is 6.27. The molecule has 0 aliphatic carbocycles. The molecule has 1 aromatic heterocycles. The van der Waals surface area contributed by atoms with Crippen molar-refractivity contribution in [1.29, 1.82) is 0 Å². The number of amides is 1. The summed E-state index contributed by atoms with van der Waals surface area (Å²) >= 11 is 0. The molecule has 0 bridgehead atoms. The number of carbonyl (C=O) groups excluding carboxylic acids is 2. The van der Waals surface area contributed by atoms with Gasteiger partial charge in [0.15, 0.2) is 0 Å². The average molecular weight is 359 g/mol. The van der Waals surface area contributed by atoms with E-state index in [4.69, 9.17) is 13.9 Å². The molecule has 0 saturated heterocycles. The fourth-order valence-corrected chi connectivity index (χ4v) is 2.34. The molecule has 1 amide bonds. The molecule has 26 heavy (non-hydrogen) atoms. The van der Waals surface area contributed by atoms with Gasteiger partial charge in [0.05, 0.1) is 12.3 Å². The molecule has 0 radical (unpaired) electrons. The first-order valence-corrected chi connectivity index (χ1v) is 8.52. The van der Waals surface area contributed by atoms with Gasteiger partial charge in [-0.2, -0.15) is 0 Å². The van der Waals surface area contributed by atoms with Gasteiger partial charge in [0.1, 0.15) is 11.7 Å². The molecule has 1 N–H and O–H groups in total. The smallest absolute Gasteiger partial charge is 0.407 e. The van der Waals surface area contributed by atoms with Crippen LogP contribution in [0.25, 0.3) is 0 Å². The first kappa shape index (κ1) is 19.6. The van der Waals surface area contributed by atoms with E-state index >= 15 is 0 Å². The predicted octanol–water partition coefficient (Wildman–Crippen LogP) is 3.96. The minimum atomic E-state index is -0.608. The average Bonchev–Trinajstić information content (AvgIpc) is 3.07. The van der Waals surface area contributed by atoms with Gasteiger partial charge in [-0.05, 0) is 45.4 Å². The number of esters is 1. The van der Waals surface area contributed by atoms with Crippen LogP contribution < -0.4 is 5.32 Å². The van der Waals surface area contributed by atoms with Crippen molar-refractivity contribution >= 4 is 12.1 Å². The molecule has 2 atom stereocenters. The minimum Gasteiger partial charge on any atom is -0.457 e. The lowest BCUT2D eigenvalue weighted by molar-refractivity contribution is 0.0132. The molecule has 6 heteroatoms. The number of hydrogen-bond donors (Lipinski definition) is 1. The number of benzene rings is 1. The number of hydrogen-bond acceptors (Lipinski definition) is 5. The first-order valence-electron chi connectivity index (χ1n) is 8.52. The van der Waals surface area contributed by atoms with Crippen LogP contribution in [0.15, 0.2) is 53.1 Å². The van der Waals surface area contributed by atoms with Gasteiger partial charge < -0.3 is 19.2 Å². The van der Waals surface area contributed by atoms with Gasteiger partial charge in [0.25, 0.3) is 0 Å². The van der Waals surface area contributed by atoms with Gasteiger partial charge in [-0.15, -0.1) is 0 Å². The van der Waals surface area contributed by atoms with Gasteiger partial charge in [-0.3, -0.25) is 0 Å². The summed E-state index contributed by atoms with van der Waals surface area (Å²) in [7, 11) is 0. The van der Waals surface area contributed by atoms with Crippen LogP contribution in [0.5, 0.6) is 0 Å². The van der Waals surface area contributed by atoms with Crippen LogP contribution in [0.4, 0.5) is 4.79 Å². The number of ether oxygens (including phenoxy) is 2. The van der Waals surface area contributed by atoms with Crippen molar-refractivity contribution in [2.75, 3.05) is 0 Å². The Labute approximate surface area is 153 Å². The normalized spacial score (nSPS) is 13.5. The van der Waals surface area contributed by atoms with E-state index in [0.29, 0.717) is 6.42 Å². The van der Waals surface area contributed by atoms with Gasteiger partial charge in [0, 0.05) is 6.42 Å². The summed E-state index contributed by atoms with van der Waals surface area (Å²) in [4.78, 5) is 24.3. The number of furan rings is 1. The summed E-state index contributed by atoms with van der Waals surface area (Å²) in [6.07, 6.45) is 0.717. The van der Waals surface area contributed by atoms with E-state index in [9.17, 15) is 9.59 Å². The second kappa shape index (κ2) is 8.56. The van der Waals surface area contributed by atoms with Crippen LogP contribution in [-0.4, -0.2) is 29.8 Å². The number of alkyl carbamates (subject to hydrolysis) is 1. The lowest BCUT2D eigenvalue weighted by atomic mass is 10.0. The molecule has 0 aliphatic rings. The van der Waals surface area contributed by atoms with Crippen molar-refractivity contribution in [3.63, 3.8) is 0 Å². The zero-order chi connectivity index (χ0) is 19.2. The van der Waals surface area contributed by atoms with Crippen LogP contribution in [-0.2, 0) is 15.9 Å². The molecular weight excluding hydrogens is 334 g/mol. The van der Waals surface area contributed by atoms with Crippen molar-refractivity contribution in [3.05, 3.63) is 60.1 Å². The number of carbonyl (C=O) groups is 2. The minimum absolute atomic E-state index is 0.118. The van der Waals surface area contributed by atoms with Gasteiger partial charge in [0.2, 0.25) is 5.76 Å². The summed E-state index contributed by atoms with van der Waals surface area (Å²) in [6.45, 7) is 7.13. The maximum atomic E-state index is 12.3. The van der Waals surface area contributed by atoms with Crippen LogP contribution in [0.3, 0.4) is 0 Å². The largest absolute Gasteiger partial charge is 0.457 e. The van der Waals surface area contributed by atoms with E-state index in [0.717, 1.165) is 5.56 Å². The van der Waals surface area contributed by atoms with Crippen LogP contribution in [0.1, 0.15) is 43.8 Å². The second-order valence-corrected chi connectivity index (χ2v) is 7.05. The summed E-state index contributed by atoms with van der Waals surface area (Å²) in [6, 6.07) is 12.3. The highest BCUT2D eigenvalue weighted by Crippen LogP contribution is 2.14. The molecule has 0 spiro atoms. The molecule has 1 aromatic carbocycles. The highest BCUT2D eigenvalue weighted by molar-refractivity contribution is 5.86. The van der Waals surface area contributed by atoms with Crippen LogP contribution >= 0.6 is 0 Å². The highest BCUT2D eigenvalue weighted by Gasteiger charge is 2.27. The zero-order valence-corrected chi connectivity index (χ0v) is 15.5. The Bertz CT molecular complexity index is 704. The Morgan fingerprint density at radius 2 is 1.81 bits per heavy atom. The molecule has 0 fully saturated rings. The Morgan fingerprint density at radius 1 is 1.12 bits per heavy atom. The van der Waals surface area contributed by atoms with E-state index in [1.807, 2.05) is 30.3 Å². The summed E-state index contributed by atoms with van der Waals surface area (Å²) in [5, 5.41) is 2.74. The fourth-order valence-electron chi connectivity index (χ4n) is 2.34. The van der Waals surface area contributed by atoms with E-state index in [1.54, 1.807) is 33.8 Å². The van der Waals surface area contributed by atoms with Crippen molar-refractivity contribution in [2.45, 2.75) is 51.9 Å². The first-order chi connectivity index (χ1) is 12.2. The molecule has 0 saturated carbocycles. The quantitative estimate of drug-likeness (QED) is 0.790. The third-order valence-electron chi connectivity index (χ3n) is 3.56. The van der Waals surface area contributed by atoms with Crippen LogP contribution in [0.2, 0.25) is 0 Å². The molecule has 1 heterocycles. The van der Waals surface area contributed by atoms with Crippen molar-refractivity contribution < 1.29 is 23.5 Å². The second-order valence-electron chi connectivity index (χ2n) is 7.05. The molecule has 6 nitrogen and oxygen atoms in total. The van der Waals surface area contributed by atoms with E-state index in [2.05, 4.69) is 5.32 Å². The fraction of sp³-hybridized carbons (Fsp3) is 0.400. The Morgan fingerprint density at radius 3 is 2.38 bits per heavy atom. The van der Waals surface area contributed by atoms with E-state index in [1.165, 1.54) is 12.3 Å². The van der Waals surface area contributed by atoms with E-state index in [-0.39, 0.29) is 5.76 Å². The molecule has 0 aliphatic heterocycles. The monoisotopic (exact) mass is 359 g/mol. The summed E-state index contributed by atoms with van der Waals surface area (Å²) < 4.78 is 16.0. The van der Waals surface area contributed by atoms with Crippen LogP contribution in [0, 0.1) is 0 Å². The molecule has 2 rings (SSSR count). The maximum Gasteiger partial charge on any atom is 0.407 e. The molecular formula is C20H25NO5. The Kier molecular flexibility index (Phi) is 6.44. The van der Waals surface area contributed by atoms with Crippen molar-refractivity contribution in [2.24, 2.45) is 0 Å². The van der Waals surface area contributed by atoms with Gasteiger partial charge in [-0.25, -0.2) is 9.59 Å². The molecule has 140 valence electrons. The highest BCUT2D eigenvalue weighted by atomic mass is 16.6.